The quantitative estimate of drug-likeness (QED) is 0.167. The molecule has 12 aromatic rings. The molecule has 3 heteroatoms. The third kappa shape index (κ3) is 5.47. The fourth-order valence-corrected chi connectivity index (χ4v) is 10.7. The van der Waals surface area contributed by atoms with Crippen LogP contribution in [0.3, 0.4) is 0 Å². The average Bonchev–Trinajstić information content (AvgIpc) is 3.97. The predicted molar refractivity (Wildman–Crippen MR) is 269 cm³/mol. The molecule has 0 atom stereocenters. The monoisotopic (exact) mass is 818 g/mol. The van der Waals surface area contributed by atoms with Crippen molar-refractivity contribution in [3.05, 3.63) is 230 Å². The minimum absolute atomic E-state index is 0.142. The van der Waals surface area contributed by atoms with Crippen molar-refractivity contribution in [2.75, 3.05) is 4.90 Å². The van der Waals surface area contributed by atoms with Crippen molar-refractivity contribution < 1.29 is 4.42 Å². The topological polar surface area (TPSA) is 21.3 Å². The van der Waals surface area contributed by atoms with Gasteiger partial charge in [0.25, 0.3) is 0 Å². The highest BCUT2D eigenvalue weighted by Crippen LogP contribution is 2.51. The van der Waals surface area contributed by atoms with Crippen LogP contribution >= 0.6 is 0 Å². The Hall–Kier alpha value is -8.14. The van der Waals surface area contributed by atoms with E-state index in [4.69, 9.17) is 4.42 Å². The smallest absolute Gasteiger partial charge is 0.136 e. The summed E-state index contributed by atoms with van der Waals surface area (Å²) in [5, 5.41) is 7.08. The number of hydrogen-bond acceptors (Lipinski definition) is 2. The highest BCUT2D eigenvalue weighted by molar-refractivity contribution is 6.25. The summed E-state index contributed by atoms with van der Waals surface area (Å²) in [5.41, 5.74) is 18.4. The number of rotatable bonds is 6. The Morgan fingerprint density at radius 3 is 1.86 bits per heavy atom. The molecule has 10 aromatic carbocycles. The molecular weight excluding hydrogens is 777 g/mol. The van der Waals surface area contributed by atoms with Gasteiger partial charge in [0, 0.05) is 55.1 Å². The number of nitrogens with zero attached hydrogens (tertiary/aromatic N) is 2. The van der Waals surface area contributed by atoms with Gasteiger partial charge in [-0.2, -0.15) is 0 Å². The van der Waals surface area contributed by atoms with Gasteiger partial charge in [0.1, 0.15) is 11.2 Å². The molecule has 2 heterocycles. The van der Waals surface area contributed by atoms with E-state index in [0.29, 0.717) is 0 Å². The fourth-order valence-electron chi connectivity index (χ4n) is 10.7. The summed E-state index contributed by atoms with van der Waals surface area (Å²) in [7, 11) is 0. The van der Waals surface area contributed by atoms with E-state index in [-0.39, 0.29) is 5.41 Å². The zero-order valence-corrected chi connectivity index (χ0v) is 35.6. The number of anilines is 3. The molecule has 0 amide bonds. The first-order chi connectivity index (χ1) is 31.5. The summed E-state index contributed by atoms with van der Waals surface area (Å²) >= 11 is 0. The first-order valence-corrected chi connectivity index (χ1v) is 22.2. The number of hydrogen-bond donors (Lipinski definition) is 0. The zero-order valence-electron chi connectivity index (χ0n) is 35.6. The number of furan rings is 1. The van der Waals surface area contributed by atoms with Crippen LogP contribution in [0.25, 0.3) is 93.6 Å². The van der Waals surface area contributed by atoms with Crippen LogP contribution in [0.15, 0.2) is 223 Å². The van der Waals surface area contributed by atoms with E-state index >= 15 is 0 Å². The van der Waals surface area contributed by atoms with E-state index in [0.717, 1.165) is 55.8 Å². The van der Waals surface area contributed by atoms with Crippen molar-refractivity contribution in [2.45, 2.75) is 19.3 Å². The van der Waals surface area contributed by atoms with Crippen LogP contribution in [0.2, 0.25) is 0 Å². The highest BCUT2D eigenvalue weighted by Gasteiger charge is 2.36. The van der Waals surface area contributed by atoms with Gasteiger partial charge < -0.3 is 13.9 Å². The Bertz CT molecular complexity index is 3800. The van der Waals surface area contributed by atoms with E-state index in [1.54, 1.807) is 0 Å². The highest BCUT2D eigenvalue weighted by atomic mass is 16.3. The molecule has 0 spiro atoms. The standard InChI is InChI=1S/C61H42N2O/c1-61(2)54-23-13-11-21-48(54)49-33-30-45(37-55(49)61)62(44-28-25-40(26-29-44)39-15-5-3-6-16-39)46-31-34-52-56(38-46)63(43-18-7-4-8-19-43)60-47-20-10-9-17-41(47)35-53(59(52)60)42-27-32-51-50-22-12-14-24-57(50)64-58(51)36-42/h3-38H,1-2H3. The molecule has 0 saturated heterocycles. The van der Waals surface area contributed by atoms with Crippen LogP contribution in [0.5, 0.6) is 0 Å². The Labute approximate surface area is 371 Å². The van der Waals surface area contributed by atoms with Crippen LogP contribution < -0.4 is 4.90 Å². The lowest BCUT2D eigenvalue weighted by Gasteiger charge is -2.28. The van der Waals surface area contributed by atoms with E-state index in [9.17, 15) is 0 Å². The second-order valence-electron chi connectivity index (χ2n) is 17.7. The summed E-state index contributed by atoms with van der Waals surface area (Å²) < 4.78 is 8.97. The molecule has 0 saturated carbocycles. The predicted octanol–water partition coefficient (Wildman–Crippen LogP) is 16.9. The van der Waals surface area contributed by atoms with Gasteiger partial charge in [-0.25, -0.2) is 0 Å². The molecule has 302 valence electrons. The zero-order chi connectivity index (χ0) is 42.5. The van der Waals surface area contributed by atoms with Crippen molar-refractivity contribution >= 4 is 71.6 Å². The first kappa shape index (κ1) is 36.5. The van der Waals surface area contributed by atoms with Crippen LogP contribution in [-0.2, 0) is 5.41 Å². The van der Waals surface area contributed by atoms with Gasteiger partial charge in [-0.3, -0.25) is 0 Å². The molecule has 1 aliphatic carbocycles. The van der Waals surface area contributed by atoms with Gasteiger partial charge in [-0.15, -0.1) is 0 Å². The minimum atomic E-state index is -0.142. The van der Waals surface area contributed by atoms with Gasteiger partial charge in [0.2, 0.25) is 0 Å². The third-order valence-corrected chi connectivity index (χ3v) is 13.8. The van der Waals surface area contributed by atoms with E-state index in [1.807, 2.05) is 6.07 Å². The maximum atomic E-state index is 6.48. The maximum absolute atomic E-state index is 6.48. The number of fused-ring (bicyclic) bond motifs is 11. The maximum Gasteiger partial charge on any atom is 0.136 e. The van der Waals surface area contributed by atoms with Crippen molar-refractivity contribution in [1.82, 2.24) is 4.57 Å². The summed E-state index contributed by atoms with van der Waals surface area (Å²) in [6, 6.07) is 79.8. The molecule has 64 heavy (non-hydrogen) atoms. The van der Waals surface area contributed by atoms with E-state index in [1.165, 1.54) is 66.0 Å². The molecule has 0 unspecified atom stereocenters. The second kappa shape index (κ2) is 13.9. The Balaban J connectivity index is 1.08. The van der Waals surface area contributed by atoms with Crippen LogP contribution in [0.4, 0.5) is 17.1 Å². The molecule has 0 radical (unpaired) electrons. The van der Waals surface area contributed by atoms with Crippen LogP contribution in [-0.4, -0.2) is 4.57 Å². The Morgan fingerprint density at radius 1 is 0.406 bits per heavy atom. The van der Waals surface area contributed by atoms with Crippen molar-refractivity contribution in [2.24, 2.45) is 0 Å². The SMILES string of the molecule is CC1(C)c2ccccc2-c2ccc(N(c3ccc(-c4ccccc4)cc3)c3ccc4c5c(-c6ccc7c(c6)oc6ccccc67)cc6ccccc6c5n(-c5ccccc5)c4c3)cc21. The van der Waals surface area contributed by atoms with Gasteiger partial charge >= 0.3 is 0 Å². The number of aromatic nitrogens is 1. The molecule has 13 rings (SSSR count). The summed E-state index contributed by atoms with van der Waals surface area (Å²) in [4.78, 5) is 2.44. The van der Waals surface area contributed by atoms with Gasteiger partial charge in [0.15, 0.2) is 0 Å². The van der Waals surface area contributed by atoms with E-state index in [2.05, 4.69) is 236 Å². The Kier molecular flexibility index (Phi) is 7.95. The molecule has 2 aromatic heterocycles. The molecule has 0 aliphatic heterocycles. The largest absolute Gasteiger partial charge is 0.456 e. The lowest BCUT2D eigenvalue weighted by Crippen LogP contribution is -2.16. The molecule has 1 aliphatic rings. The van der Waals surface area contributed by atoms with Crippen molar-refractivity contribution in [3.8, 4) is 39.1 Å². The minimum Gasteiger partial charge on any atom is -0.456 e. The van der Waals surface area contributed by atoms with E-state index < -0.39 is 0 Å². The number of para-hydroxylation sites is 2. The average molecular weight is 819 g/mol. The summed E-state index contributed by atoms with van der Waals surface area (Å²) in [5.74, 6) is 0. The van der Waals surface area contributed by atoms with Crippen molar-refractivity contribution in [3.63, 3.8) is 0 Å². The second-order valence-corrected chi connectivity index (χ2v) is 17.7. The number of benzene rings is 10. The van der Waals surface area contributed by atoms with Gasteiger partial charge in [0.05, 0.1) is 11.0 Å². The van der Waals surface area contributed by atoms with Gasteiger partial charge in [-0.1, -0.05) is 159 Å². The summed E-state index contributed by atoms with van der Waals surface area (Å²) in [6.45, 7) is 4.72. The van der Waals surface area contributed by atoms with Crippen molar-refractivity contribution in [1.29, 1.82) is 0 Å². The lowest BCUT2D eigenvalue weighted by molar-refractivity contribution is 0.660. The summed E-state index contributed by atoms with van der Waals surface area (Å²) in [6.07, 6.45) is 0. The van der Waals surface area contributed by atoms with Crippen LogP contribution in [0.1, 0.15) is 25.0 Å². The Morgan fingerprint density at radius 2 is 1.02 bits per heavy atom. The van der Waals surface area contributed by atoms with Gasteiger partial charge in [-0.05, 0) is 123 Å². The third-order valence-electron chi connectivity index (χ3n) is 13.8. The lowest BCUT2D eigenvalue weighted by atomic mass is 9.82. The molecular formula is C61H42N2O. The fraction of sp³-hybridized carbons (Fsp3) is 0.0492. The molecule has 0 fully saturated rings. The molecule has 3 nitrogen and oxygen atoms in total. The molecule has 0 bridgehead atoms. The normalized spacial score (nSPS) is 13.0. The molecule has 0 N–H and O–H groups in total. The first-order valence-electron chi connectivity index (χ1n) is 22.2. The van der Waals surface area contributed by atoms with Crippen LogP contribution in [0, 0.1) is 0 Å².